The van der Waals surface area contributed by atoms with E-state index in [2.05, 4.69) is 15.3 Å². The summed E-state index contributed by atoms with van der Waals surface area (Å²) in [5, 5.41) is 2.96. The van der Waals surface area contributed by atoms with Crippen molar-refractivity contribution in [3.8, 4) is 0 Å². The first kappa shape index (κ1) is 16.1. The molecule has 6 heteroatoms. The van der Waals surface area contributed by atoms with E-state index in [0.29, 0.717) is 25.5 Å². The predicted octanol–water partition coefficient (Wildman–Crippen LogP) is 1.51. The fourth-order valence-corrected chi connectivity index (χ4v) is 1.18. The van der Waals surface area contributed by atoms with Crippen LogP contribution >= 0.6 is 24.0 Å². The summed E-state index contributed by atoms with van der Waals surface area (Å²) in [5.74, 6) is 0.365. The van der Waals surface area contributed by atoms with E-state index >= 15 is 0 Å². The van der Waals surface area contributed by atoms with E-state index in [-0.39, 0.29) is 30.7 Å². The summed E-state index contributed by atoms with van der Waals surface area (Å²) in [7, 11) is 0. The summed E-state index contributed by atoms with van der Waals surface area (Å²) in [6.45, 7) is 0.756. The molecule has 0 saturated carbocycles. The molecule has 0 spiro atoms. The quantitative estimate of drug-likeness (QED) is 0.353. The molecule has 0 amide bonds. The van der Waals surface area contributed by atoms with Crippen LogP contribution in [0, 0.1) is 0 Å². The van der Waals surface area contributed by atoms with Crippen LogP contribution in [0.1, 0.15) is 12.1 Å². The first-order valence-corrected chi connectivity index (χ1v) is 5.32. The minimum absolute atomic E-state index is 0. The summed E-state index contributed by atoms with van der Waals surface area (Å²) in [5.41, 5.74) is 6.58. The number of hydrogen-bond acceptors (Lipinski definition) is 2. The van der Waals surface area contributed by atoms with E-state index in [1.54, 1.807) is 6.20 Å². The Morgan fingerprint density at radius 1 is 1.47 bits per heavy atom. The van der Waals surface area contributed by atoms with Gasteiger partial charge in [-0.15, -0.1) is 24.0 Å². The molecule has 4 nitrogen and oxygen atoms in total. The van der Waals surface area contributed by atoms with E-state index in [4.69, 9.17) is 5.73 Å². The lowest BCUT2D eigenvalue weighted by atomic mass is 10.3. The minimum atomic E-state index is -0.356. The van der Waals surface area contributed by atoms with Gasteiger partial charge in [-0.05, 0) is 18.6 Å². The third-order valence-corrected chi connectivity index (χ3v) is 1.99. The van der Waals surface area contributed by atoms with Crippen LogP contribution < -0.4 is 11.1 Å². The van der Waals surface area contributed by atoms with Gasteiger partial charge in [0.05, 0.1) is 6.67 Å². The van der Waals surface area contributed by atoms with Crippen molar-refractivity contribution >= 4 is 29.9 Å². The van der Waals surface area contributed by atoms with Crippen LogP contribution in [0.25, 0.3) is 0 Å². The number of alkyl halides is 1. The van der Waals surface area contributed by atoms with E-state index in [1.165, 1.54) is 0 Å². The Kier molecular flexibility index (Phi) is 9.69. The number of nitrogens with zero attached hydrogens (tertiary/aromatic N) is 2. The van der Waals surface area contributed by atoms with E-state index < -0.39 is 0 Å². The molecule has 0 aromatic carbocycles. The molecule has 0 saturated heterocycles. The van der Waals surface area contributed by atoms with Crippen LogP contribution in [0.2, 0.25) is 0 Å². The zero-order valence-corrected chi connectivity index (χ0v) is 11.9. The van der Waals surface area contributed by atoms with Crippen LogP contribution in [-0.4, -0.2) is 30.7 Å². The third-order valence-electron chi connectivity index (χ3n) is 1.99. The van der Waals surface area contributed by atoms with Crippen molar-refractivity contribution in [2.75, 3.05) is 19.8 Å². The zero-order chi connectivity index (χ0) is 11.6. The molecule has 0 unspecified atom stereocenters. The first-order chi connectivity index (χ1) is 7.83. The molecule has 0 aliphatic rings. The van der Waals surface area contributed by atoms with Crippen LogP contribution in [0.15, 0.2) is 29.4 Å². The molecule has 0 aliphatic heterocycles. The van der Waals surface area contributed by atoms with E-state index in [1.807, 2.05) is 18.2 Å². The molecule has 1 rings (SSSR count). The number of nitrogens with one attached hydrogen (secondary N) is 1. The van der Waals surface area contributed by atoms with Gasteiger partial charge >= 0.3 is 0 Å². The molecule has 3 N–H and O–H groups in total. The molecule has 1 aromatic heterocycles. The molecule has 0 radical (unpaired) electrons. The number of nitrogens with two attached hydrogens (primary N) is 1. The van der Waals surface area contributed by atoms with Gasteiger partial charge in [0.25, 0.3) is 0 Å². The third kappa shape index (κ3) is 7.89. The van der Waals surface area contributed by atoms with Crippen LogP contribution in [0.4, 0.5) is 4.39 Å². The number of guanidine groups is 1. The Bertz CT molecular complexity index is 319. The van der Waals surface area contributed by atoms with Crippen LogP contribution in [-0.2, 0) is 6.42 Å². The highest BCUT2D eigenvalue weighted by Crippen LogP contribution is 1.92. The molecule has 0 aliphatic carbocycles. The Hall–Kier alpha value is -0.920. The van der Waals surface area contributed by atoms with Crippen molar-refractivity contribution in [3.63, 3.8) is 0 Å². The van der Waals surface area contributed by atoms with Crippen LogP contribution in [0.5, 0.6) is 0 Å². The molecule has 0 bridgehead atoms. The fraction of sp³-hybridized carbons (Fsp3) is 0.455. The summed E-state index contributed by atoms with van der Waals surface area (Å²) < 4.78 is 11.8. The lowest BCUT2D eigenvalue weighted by Gasteiger charge is -2.04. The topological polar surface area (TPSA) is 63.3 Å². The molecular formula is C11H18FIN4. The highest BCUT2D eigenvalue weighted by Gasteiger charge is 1.94. The molecule has 1 heterocycles. The van der Waals surface area contributed by atoms with Crippen molar-refractivity contribution in [1.82, 2.24) is 10.3 Å². The Balaban J connectivity index is 0.00000256. The summed E-state index contributed by atoms with van der Waals surface area (Å²) in [4.78, 5) is 8.15. The van der Waals surface area contributed by atoms with Gasteiger partial charge in [0.15, 0.2) is 5.96 Å². The molecule has 0 atom stereocenters. The maximum atomic E-state index is 11.8. The Morgan fingerprint density at radius 2 is 2.29 bits per heavy atom. The highest BCUT2D eigenvalue weighted by atomic mass is 127. The van der Waals surface area contributed by atoms with Crippen LogP contribution in [0.3, 0.4) is 0 Å². The Morgan fingerprint density at radius 3 is 2.94 bits per heavy atom. The standard InChI is InChI=1S/C11H17FN4.HI/c12-6-3-8-15-11(13)16-9-5-10-4-1-2-7-14-10;/h1-2,4,7H,3,5-6,8-9H2,(H3,13,15,16);1H. The summed E-state index contributed by atoms with van der Waals surface area (Å²) in [6.07, 6.45) is 2.97. The zero-order valence-electron chi connectivity index (χ0n) is 9.60. The normalized spacial score (nSPS) is 10.8. The second-order valence-electron chi connectivity index (χ2n) is 3.31. The lowest BCUT2D eigenvalue weighted by molar-refractivity contribution is 0.477. The SMILES string of the molecule is I.NC(=NCCCF)NCCc1ccccn1. The summed E-state index contributed by atoms with van der Waals surface area (Å²) >= 11 is 0. The Labute approximate surface area is 118 Å². The molecule has 96 valence electrons. The average Bonchev–Trinajstić information content (AvgIpc) is 2.31. The van der Waals surface area contributed by atoms with Gasteiger partial charge in [-0.25, -0.2) is 0 Å². The van der Waals surface area contributed by atoms with Crippen molar-refractivity contribution < 1.29 is 4.39 Å². The van der Waals surface area contributed by atoms with E-state index in [0.717, 1.165) is 12.1 Å². The van der Waals surface area contributed by atoms with Crippen molar-refractivity contribution in [3.05, 3.63) is 30.1 Å². The van der Waals surface area contributed by atoms with Crippen molar-refractivity contribution in [2.24, 2.45) is 10.7 Å². The molecule has 1 aromatic rings. The van der Waals surface area contributed by atoms with Gasteiger partial charge < -0.3 is 11.1 Å². The predicted molar refractivity (Wildman–Crippen MR) is 78.4 cm³/mol. The maximum Gasteiger partial charge on any atom is 0.188 e. The van der Waals surface area contributed by atoms with Gasteiger partial charge in [-0.3, -0.25) is 14.4 Å². The smallest absolute Gasteiger partial charge is 0.188 e. The minimum Gasteiger partial charge on any atom is -0.370 e. The number of hydrogen-bond donors (Lipinski definition) is 2. The van der Waals surface area contributed by atoms with Crippen molar-refractivity contribution in [1.29, 1.82) is 0 Å². The van der Waals surface area contributed by atoms with Gasteiger partial charge in [-0.1, -0.05) is 6.07 Å². The van der Waals surface area contributed by atoms with E-state index in [9.17, 15) is 4.39 Å². The maximum absolute atomic E-state index is 11.8. The van der Waals surface area contributed by atoms with Gasteiger partial charge in [0.1, 0.15) is 0 Å². The molecule has 17 heavy (non-hydrogen) atoms. The largest absolute Gasteiger partial charge is 0.370 e. The second kappa shape index (κ2) is 10.2. The first-order valence-electron chi connectivity index (χ1n) is 5.32. The number of pyridine rings is 1. The van der Waals surface area contributed by atoms with Crippen molar-refractivity contribution in [2.45, 2.75) is 12.8 Å². The average molecular weight is 352 g/mol. The number of halogens is 2. The number of aromatic nitrogens is 1. The monoisotopic (exact) mass is 352 g/mol. The number of rotatable bonds is 6. The molecular weight excluding hydrogens is 334 g/mol. The van der Waals surface area contributed by atoms with Gasteiger partial charge in [-0.2, -0.15) is 0 Å². The summed E-state index contributed by atoms with van der Waals surface area (Å²) in [6, 6.07) is 5.78. The van der Waals surface area contributed by atoms with Gasteiger partial charge in [0.2, 0.25) is 0 Å². The molecule has 0 fully saturated rings. The number of aliphatic imine (C=N–C) groups is 1. The lowest BCUT2D eigenvalue weighted by Crippen LogP contribution is -2.33. The van der Waals surface area contributed by atoms with Gasteiger partial charge in [0, 0.05) is 31.4 Å². The highest BCUT2D eigenvalue weighted by molar-refractivity contribution is 14.0. The fourth-order valence-electron chi connectivity index (χ4n) is 1.18. The second-order valence-corrected chi connectivity index (χ2v) is 3.31.